The standard InChI is InChI=1S/C20H32N2O8/c1-14(12-23)29-19(30-20(2,3)4)13-28-18(27)7-5-6-15(24)21-10-11-22-16(25)8-9-17(22)26/h8-9,14,19,23H,5-7,10-13H2,1-4H3,(H,21,24). The minimum Gasteiger partial charge on any atom is -0.460 e. The number of carbonyl (C=O) groups excluding carboxylic acids is 4. The summed E-state index contributed by atoms with van der Waals surface area (Å²) in [6, 6.07) is 0. The normalized spacial score (nSPS) is 16.0. The lowest BCUT2D eigenvalue weighted by atomic mass is 10.2. The fourth-order valence-corrected chi connectivity index (χ4v) is 2.47. The van der Waals surface area contributed by atoms with Gasteiger partial charge in [0, 0.05) is 38.1 Å². The second-order valence-electron chi connectivity index (χ2n) is 7.84. The van der Waals surface area contributed by atoms with Crippen LogP contribution in [-0.2, 0) is 33.4 Å². The molecule has 1 aliphatic rings. The Labute approximate surface area is 176 Å². The molecule has 0 spiro atoms. The SMILES string of the molecule is CC(CO)OC(COC(=O)CCCC(=O)NCCN1C(=O)C=CC1=O)OC(C)(C)C. The van der Waals surface area contributed by atoms with Crippen molar-refractivity contribution < 1.29 is 38.5 Å². The summed E-state index contributed by atoms with van der Waals surface area (Å²) in [5, 5.41) is 11.7. The summed E-state index contributed by atoms with van der Waals surface area (Å²) in [7, 11) is 0. The molecule has 1 rings (SSSR count). The maximum Gasteiger partial charge on any atom is 0.305 e. The van der Waals surface area contributed by atoms with E-state index in [1.807, 2.05) is 20.8 Å². The molecule has 3 amide bonds. The predicted molar refractivity (Wildman–Crippen MR) is 106 cm³/mol. The van der Waals surface area contributed by atoms with E-state index in [-0.39, 0.29) is 51.5 Å². The fraction of sp³-hybridized carbons (Fsp3) is 0.700. The molecule has 0 radical (unpaired) electrons. The molecule has 0 aromatic heterocycles. The van der Waals surface area contributed by atoms with E-state index in [1.54, 1.807) is 6.92 Å². The Bertz CT molecular complexity index is 623. The van der Waals surface area contributed by atoms with Gasteiger partial charge < -0.3 is 24.6 Å². The highest BCUT2D eigenvalue weighted by molar-refractivity contribution is 6.12. The molecule has 0 saturated carbocycles. The third kappa shape index (κ3) is 10.5. The van der Waals surface area contributed by atoms with Crippen LogP contribution in [-0.4, -0.2) is 78.0 Å². The third-order valence-electron chi connectivity index (χ3n) is 3.85. The van der Waals surface area contributed by atoms with Crippen molar-refractivity contribution in [2.75, 3.05) is 26.3 Å². The Morgan fingerprint density at radius 1 is 1.17 bits per heavy atom. The van der Waals surface area contributed by atoms with Crippen molar-refractivity contribution in [2.24, 2.45) is 0 Å². The monoisotopic (exact) mass is 428 g/mol. The van der Waals surface area contributed by atoms with Crippen molar-refractivity contribution in [3.8, 4) is 0 Å². The van der Waals surface area contributed by atoms with Crippen LogP contribution in [0.25, 0.3) is 0 Å². The first-order valence-electron chi connectivity index (χ1n) is 9.92. The van der Waals surface area contributed by atoms with Crippen molar-refractivity contribution in [1.82, 2.24) is 10.2 Å². The topological polar surface area (TPSA) is 131 Å². The number of hydrogen-bond donors (Lipinski definition) is 2. The number of imide groups is 1. The van der Waals surface area contributed by atoms with E-state index in [1.165, 1.54) is 12.2 Å². The number of nitrogens with zero attached hydrogens (tertiary/aromatic N) is 1. The molecule has 0 bridgehead atoms. The average Bonchev–Trinajstić information content (AvgIpc) is 2.96. The van der Waals surface area contributed by atoms with Crippen molar-refractivity contribution in [3.05, 3.63) is 12.2 Å². The van der Waals surface area contributed by atoms with Crippen LogP contribution in [0, 0.1) is 0 Å². The first kappa shape index (κ1) is 25.7. The van der Waals surface area contributed by atoms with E-state index in [2.05, 4.69) is 5.32 Å². The summed E-state index contributed by atoms with van der Waals surface area (Å²) >= 11 is 0. The van der Waals surface area contributed by atoms with Gasteiger partial charge >= 0.3 is 5.97 Å². The highest BCUT2D eigenvalue weighted by Gasteiger charge is 2.24. The van der Waals surface area contributed by atoms with Gasteiger partial charge in [-0.15, -0.1) is 0 Å². The van der Waals surface area contributed by atoms with E-state index in [9.17, 15) is 19.2 Å². The fourth-order valence-electron chi connectivity index (χ4n) is 2.47. The summed E-state index contributed by atoms with van der Waals surface area (Å²) in [6.45, 7) is 7.10. The quantitative estimate of drug-likeness (QED) is 0.243. The number of aliphatic hydroxyl groups is 1. The third-order valence-corrected chi connectivity index (χ3v) is 3.85. The molecule has 2 atom stereocenters. The van der Waals surface area contributed by atoms with Crippen LogP contribution >= 0.6 is 0 Å². The number of rotatable bonds is 13. The molecule has 0 saturated heterocycles. The summed E-state index contributed by atoms with van der Waals surface area (Å²) in [5.74, 6) is -1.58. The Kier molecular flexibility index (Phi) is 10.6. The van der Waals surface area contributed by atoms with Gasteiger partial charge in [-0.05, 0) is 34.1 Å². The molecule has 30 heavy (non-hydrogen) atoms. The van der Waals surface area contributed by atoms with Gasteiger partial charge in [-0.3, -0.25) is 24.1 Å². The Hall–Kier alpha value is -2.30. The zero-order valence-corrected chi connectivity index (χ0v) is 18.0. The molecular formula is C20H32N2O8. The predicted octanol–water partition coefficient (Wildman–Crippen LogP) is 0.280. The molecule has 10 heteroatoms. The van der Waals surface area contributed by atoms with Crippen LogP contribution in [0.5, 0.6) is 0 Å². The maximum absolute atomic E-state index is 11.9. The van der Waals surface area contributed by atoms with Crippen molar-refractivity contribution in [1.29, 1.82) is 0 Å². The second-order valence-corrected chi connectivity index (χ2v) is 7.84. The second kappa shape index (κ2) is 12.4. The minimum absolute atomic E-state index is 0.0399. The van der Waals surface area contributed by atoms with Gasteiger partial charge in [0.2, 0.25) is 5.91 Å². The Morgan fingerprint density at radius 3 is 2.37 bits per heavy atom. The van der Waals surface area contributed by atoms with E-state index in [4.69, 9.17) is 19.3 Å². The van der Waals surface area contributed by atoms with Crippen LogP contribution in [0.1, 0.15) is 47.0 Å². The van der Waals surface area contributed by atoms with Crippen LogP contribution < -0.4 is 5.32 Å². The molecule has 0 aliphatic carbocycles. The summed E-state index contributed by atoms with van der Waals surface area (Å²) in [5.41, 5.74) is -0.523. The number of aliphatic hydroxyl groups excluding tert-OH is 1. The lowest BCUT2D eigenvalue weighted by Gasteiger charge is -2.28. The Morgan fingerprint density at radius 2 is 1.80 bits per heavy atom. The van der Waals surface area contributed by atoms with E-state index < -0.39 is 35.8 Å². The molecule has 2 N–H and O–H groups in total. The molecule has 170 valence electrons. The highest BCUT2D eigenvalue weighted by atomic mass is 16.7. The van der Waals surface area contributed by atoms with E-state index in [0.29, 0.717) is 0 Å². The van der Waals surface area contributed by atoms with Crippen molar-refractivity contribution in [2.45, 2.75) is 65.0 Å². The number of nitrogens with one attached hydrogen (secondary N) is 1. The van der Waals surface area contributed by atoms with Crippen molar-refractivity contribution in [3.63, 3.8) is 0 Å². The van der Waals surface area contributed by atoms with Crippen LogP contribution in [0.4, 0.5) is 0 Å². The smallest absolute Gasteiger partial charge is 0.305 e. The molecule has 0 aromatic rings. The first-order valence-corrected chi connectivity index (χ1v) is 9.92. The minimum atomic E-state index is -0.815. The van der Waals surface area contributed by atoms with Gasteiger partial charge in [-0.2, -0.15) is 0 Å². The number of carbonyl (C=O) groups is 4. The summed E-state index contributed by atoms with van der Waals surface area (Å²) in [6.07, 6.45) is 1.51. The first-order chi connectivity index (χ1) is 14.0. The van der Waals surface area contributed by atoms with E-state index >= 15 is 0 Å². The van der Waals surface area contributed by atoms with Crippen LogP contribution in [0.2, 0.25) is 0 Å². The zero-order chi connectivity index (χ0) is 22.7. The van der Waals surface area contributed by atoms with Crippen LogP contribution in [0.3, 0.4) is 0 Å². The van der Waals surface area contributed by atoms with Gasteiger partial charge in [-0.1, -0.05) is 0 Å². The van der Waals surface area contributed by atoms with Gasteiger partial charge in [0.25, 0.3) is 11.8 Å². The lowest BCUT2D eigenvalue weighted by Crippen LogP contribution is -2.38. The molecule has 1 heterocycles. The van der Waals surface area contributed by atoms with E-state index in [0.717, 1.165) is 4.90 Å². The van der Waals surface area contributed by atoms with Gasteiger partial charge in [0.1, 0.15) is 6.61 Å². The molecule has 0 aromatic carbocycles. The molecular weight excluding hydrogens is 396 g/mol. The largest absolute Gasteiger partial charge is 0.460 e. The van der Waals surface area contributed by atoms with Gasteiger partial charge in [0.05, 0.1) is 18.3 Å². The molecule has 10 nitrogen and oxygen atoms in total. The number of ether oxygens (including phenoxy) is 3. The number of amides is 3. The maximum atomic E-state index is 11.9. The number of hydrogen-bond acceptors (Lipinski definition) is 8. The molecule has 0 fully saturated rings. The molecule has 2 unspecified atom stereocenters. The van der Waals surface area contributed by atoms with Gasteiger partial charge in [-0.25, -0.2) is 0 Å². The summed E-state index contributed by atoms with van der Waals surface area (Å²) in [4.78, 5) is 47.5. The van der Waals surface area contributed by atoms with Crippen molar-refractivity contribution >= 4 is 23.7 Å². The Balaban J connectivity index is 2.23. The molecule has 1 aliphatic heterocycles. The lowest BCUT2D eigenvalue weighted by molar-refractivity contribution is -0.235. The average molecular weight is 428 g/mol. The summed E-state index contributed by atoms with van der Waals surface area (Å²) < 4.78 is 16.3. The van der Waals surface area contributed by atoms with Crippen LogP contribution in [0.15, 0.2) is 12.2 Å². The highest BCUT2D eigenvalue weighted by Crippen LogP contribution is 2.14. The number of esters is 1. The van der Waals surface area contributed by atoms with Gasteiger partial charge in [0.15, 0.2) is 6.29 Å². The zero-order valence-electron chi connectivity index (χ0n) is 18.0.